The van der Waals surface area contributed by atoms with Gasteiger partial charge in [0.05, 0.1) is 0 Å². The van der Waals surface area contributed by atoms with Crippen LogP contribution < -0.4 is 14.8 Å². The first-order valence-electron chi connectivity index (χ1n) is 8.28. The molecule has 0 spiro atoms. The fourth-order valence-corrected chi connectivity index (χ4v) is 4.31. The Morgan fingerprint density at radius 3 is 2.50 bits per heavy atom. The molecular weight excluding hydrogens is 443 g/mol. The third kappa shape index (κ3) is 5.70. The molecule has 3 rings (SSSR count). The van der Waals surface area contributed by atoms with Crippen LogP contribution in [-0.4, -0.2) is 25.7 Å². The molecule has 0 atom stereocenters. The number of carbonyl (C=O) groups is 1. The molecule has 0 saturated carbocycles. The summed E-state index contributed by atoms with van der Waals surface area (Å²) in [5.74, 6) is -1.35. The van der Waals surface area contributed by atoms with Gasteiger partial charge in [0.15, 0.2) is 5.13 Å². The highest BCUT2D eigenvalue weighted by Gasteiger charge is 2.34. The molecule has 0 aliphatic heterocycles. The van der Waals surface area contributed by atoms with E-state index in [4.69, 9.17) is 0 Å². The molecule has 0 aliphatic rings. The number of aromatic nitrogens is 1. The zero-order valence-corrected chi connectivity index (χ0v) is 16.6. The maximum Gasteiger partial charge on any atom is 0.573 e. The largest absolute Gasteiger partial charge is 0.573 e. The molecule has 0 fully saturated rings. The van der Waals surface area contributed by atoms with Crippen LogP contribution >= 0.6 is 11.3 Å². The van der Waals surface area contributed by atoms with Crippen LogP contribution in [0.1, 0.15) is 15.9 Å². The summed E-state index contributed by atoms with van der Waals surface area (Å²) in [5, 5.41) is 4.05. The van der Waals surface area contributed by atoms with Crippen molar-refractivity contribution in [3.05, 3.63) is 71.2 Å². The highest BCUT2D eigenvalue weighted by atomic mass is 32.2. The lowest BCUT2D eigenvalue weighted by Crippen LogP contribution is -2.24. The van der Waals surface area contributed by atoms with E-state index >= 15 is 0 Å². The molecule has 1 aromatic heterocycles. The summed E-state index contributed by atoms with van der Waals surface area (Å²) >= 11 is 0.964. The Kier molecular flexibility index (Phi) is 6.27. The van der Waals surface area contributed by atoms with Crippen molar-refractivity contribution in [2.75, 3.05) is 4.72 Å². The lowest BCUT2D eigenvalue weighted by Gasteiger charge is -2.15. The number of hydrogen-bond donors (Lipinski definition) is 2. The predicted molar refractivity (Wildman–Crippen MR) is 104 cm³/mol. The van der Waals surface area contributed by atoms with E-state index in [0.29, 0.717) is 5.56 Å². The van der Waals surface area contributed by atoms with Crippen LogP contribution in [0, 0.1) is 0 Å². The van der Waals surface area contributed by atoms with Crippen molar-refractivity contribution < 1.29 is 31.1 Å². The van der Waals surface area contributed by atoms with E-state index in [9.17, 15) is 26.4 Å². The Morgan fingerprint density at radius 2 is 1.87 bits per heavy atom. The van der Waals surface area contributed by atoms with Gasteiger partial charge in [0.25, 0.3) is 15.9 Å². The lowest BCUT2D eigenvalue weighted by molar-refractivity contribution is -0.275. The van der Waals surface area contributed by atoms with Gasteiger partial charge < -0.3 is 10.1 Å². The number of sulfonamides is 1. The third-order valence-corrected chi connectivity index (χ3v) is 5.86. The number of amides is 1. The number of nitrogens with one attached hydrogen (secondary N) is 2. The van der Waals surface area contributed by atoms with Crippen molar-refractivity contribution in [3.8, 4) is 5.75 Å². The SMILES string of the molecule is O=C(NCc1ccc(S(=O)(=O)Nc2nccs2)c(OC(F)(F)F)c1)c1ccccc1. The minimum atomic E-state index is -5.11. The summed E-state index contributed by atoms with van der Waals surface area (Å²) in [6.07, 6.45) is -3.77. The molecule has 0 aliphatic carbocycles. The molecule has 1 amide bonds. The van der Waals surface area contributed by atoms with Crippen molar-refractivity contribution in [1.29, 1.82) is 0 Å². The highest BCUT2D eigenvalue weighted by molar-refractivity contribution is 7.93. The fraction of sp³-hybridized carbons (Fsp3) is 0.111. The first-order chi connectivity index (χ1) is 14.1. The number of rotatable bonds is 7. The molecule has 0 bridgehead atoms. The highest BCUT2D eigenvalue weighted by Crippen LogP contribution is 2.32. The van der Waals surface area contributed by atoms with Crippen LogP contribution in [0.3, 0.4) is 0 Å². The monoisotopic (exact) mass is 457 g/mol. The van der Waals surface area contributed by atoms with Gasteiger partial charge in [-0.25, -0.2) is 13.4 Å². The number of alkyl halides is 3. The molecule has 0 unspecified atom stereocenters. The van der Waals surface area contributed by atoms with Crippen LogP contribution in [0.4, 0.5) is 18.3 Å². The average molecular weight is 457 g/mol. The summed E-state index contributed by atoms with van der Waals surface area (Å²) in [6, 6.07) is 11.4. The predicted octanol–water partition coefficient (Wildman–Crippen LogP) is 3.77. The van der Waals surface area contributed by atoms with Gasteiger partial charge in [-0.1, -0.05) is 24.3 Å². The minimum Gasteiger partial charge on any atom is -0.404 e. The first kappa shape index (κ1) is 21.6. The van der Waals surface area contributed by atoms with Gasteiger partial charge >= 0.3 is 6.36 Å². The second kappa shape index (κ2) is 8.71. The smallest absolute Gasteiger partial charge is 0.404 e. The number of thiazole rings is 1. The number of hydrogen-bond acceptors (Lipinski definition) is 6. The van der Waals surface area contributed by atoms with Crippen molar-refractivity contribution in [1.82, 2.24) is 10.3 Å². The molecule has 12 heteroatoms. The fourth-order valence-electron chi connectivity index (χ4n) is 2.41. The number of anilines is 1. The van der Waals surface area contributed by atoms with Crippen LogP contribution in [0.2, 0.25) is 0 Å². The first-order valence-corrected chi connectivity index (χ1v) is 10.6. The number of ether oxygens (including phenoxy) is 1. The second-order valence-corrected chi connectivity index (χ2v) is 8.37. The zero-order valence-electron chi connectivity index (χ0n) is 15.0. The lowest BCUT2D eigenvalue weighted by atomic mass is 10.2. The topological polar surface area (TPSA) is 97.4 Å². The molecular formula is C18H14F3N3O4S2. The summed E-state index contributed by atoms with van der Waals surface area (Å²) in [6.45, 7) is -0.137. The molecule has 30 heavy (non-hydrogen) atoms. The van der Waals surface area contributed by atoms with E-state index in [1.54, 1.807) is 30.3 Å². The Hall–Kier alpha value is -3.12. The summed E-state index contributed by atoms with van der Waals surface area (Å²) in [4.78, 5) is 15.1. The van der Waals surface area contributed by atoms with E-state index in [2.05, 4.69) is 19.8 Å². The second-order valence-electron chi connectivity index (χ2n) is 5.82. The number of halogens is 3. The Labute approximate surface area is 173 Å². The van der Waals surface area contributed by atoms with E-state index in [1.807, 2.05) is 0 Å². The number of benzene rings is 2. The Morgan fingerprint density at radius 1 is 1.13 bits per heavy atom. The van der Waals surface area contributed by atoms with Gasteiger partial charge in [-0.05, 0) is 29.8 Å². The van der Waals surface area contributed by atoms with Crippen LogP contribution in [-0.2, 0) is 16.6 Å². The van der Waals surface area contributed by atoms with Gasteiger partial charge in [-0.15, -0.1) is 24.5 Å². The molecule has 0 saturated heterocycles. The van der Waals surface area contributed by atoms with Gasteiger partial charge in [-0.3, -0.25) is 9.52 Å². The van der Waals surface area contributed by atoms with Crippen molar-refractivity contribution in [2.24, 2.45) is 0 Å². The van der Waals surface area contributed by atoms with E-state index in [1.165, 1.54) is 17.6 Å². The van der Waals surface area contributed by atoms with Gasteiger partial charge in [0.2, 0.25) is 0 Å². The number of nitrogens with zero attached hydrogens (tertiary/aromatic N) is 1. The maximum atomic E-state index is 12.8. The van der Waals surface area contributed by atoms with Gasteiger partial charge in [-0.2, -0.15) is 0 Å². The molecule has 3 aromatic rings. The molecule has 2 aromatic carbocycles. The van der Waals surface area contributed by atoms with Crippen molar-refractivity contribution in [2.45, 2.75) is 17.8 Å². The Bertz CT molecular complexity index is 1120. The molecule has 0 radical (unpaired) electrons. The average Bonchev–Trinajstić information content (AvgIpc) is 3.17. The molecule has 2 N–H and O–H groups in total. The Balaban J connectivity index is 1.84. The quantitative estimate of drug-likeness (QED) is 0.563. The molecule has 1 heterocycles. The van der Waals surface area contributed by atoms with E-state index < -0.39 is 32.9 Å². The van der Waals surface area contributed by atoms with Crippen LogP contribution in [0.25, 0.3) is 0 Å². The standard InChI is InChI=1S/C18H14F3N3O4S2/c19-18(20,21)28-14-10-12(11-23-16(25)13-4-2-1-3-5-13)6-7-15(14)30(26,27)24-17-22-8-9-29-17/h1-10H,11H2,(H,22,24)(H,23,25). The normalized spacial score (nSPS) is 11.7. The van der Waals surface area contributed by atoms with Crippen molar-refractivity contribution in [3.63, 3.8) is 0 Å². The molecule has 7 nitrogen and oxygen atoms in total. The zero-order chi connectivity index (χ0) is 21.8. The van der Waals surface area contributed by atoms with E-state index in [0.717, 1.165) is 23.5 Å². The minimum absolute atomic E-state index is 0.00726. The third-order valence-electron chi connectivity index (χ3n) is 3.67. The summed E-state index contributed by atoms with van der Waals surface area (Å²) in [5.41, 5.74) is 0.586. The van der Waals surface area contributed by atoms with Gasteiger partial charge in [0.1, 0.15) is 10.6 Å². The summed E-state index contributed by atoms with van der Waals surface area (Å²) in [7, 11) is -4.39. The number of carbonyl (C=O) groups excluding carboxylic acids is 1. The van der Waals surface area contributed by atoms with E-state index in [-0.39, 0.29) is 17.2 Å². The van der Waals surface area contributed by atoms with Gasteiger partial charge in [0, 0.05) is 23.7 Å². The van der Waals surface area contributed by atoms with Crippen molar-refractivity contribution >= 4 is 32.4 Å². The molecule has 158 valence electrons. The maximum absolute atomic E-state index is 12.8. The van der Waals surface area contributed by atoms with Crippen LogP contribution in [0.15, 0.2) is 65.0 Å². The summed E-state index contributed by atoms with van der Waals surface area (Å²) < 4.78 is 69.5. The van der Waals surface area contributed by atoms with Crippen LogP contribution in [0.5, 0.6) is 5.75 Å².